The Hall–Kier alpha value is -0.920. The van der Waals surface area contributed by atoms with Crippen molar-refractivity contribution < 1.29 is 8.78 Å². The third-order valence-corrected chi connectivity index (χ3v) is 3.23. The first-order chi connectivity index (χ1) is 8.15. The van der Waals surface area contributed by atoms with Gasteiger partial charge in [0.2, 0.25) is 0 Å². The summed E-state index contributed by atoms with van der Waals surface area (Å²) in [6.45, 7) is 4.16. The van der Waals surface area contributed by atoms with Crippen LogP contribution in [0.15, 0.2) is 18.2 Å². The largest absolute Gasteiger partial charge is 0.207 e. The molecule has 2 heteroatoms. The van der Waals surface area contributed by atoms with Crippen LogP contribution in [0.25, 0.3) is 0 Å². The molecule has 0 spiro atoms. The molecule has 0 amide bonds. The number of unbranched alkanes of at least 4 members (excludes halogenated alkanes) is 4. The van der Waals surface area contributed by atoms with Gasteiger partial charge in [0, 0.05) is 0 Å². The summed E-state index contributed by atoms with van der Waals surface area (Å²) in [6, 6.07) is 3.72. The molecule has 0 aromatic heterocycles. The average molecular weight is 240 g/mol. The summed E-state index contributed by atoms with van der Waals surface area (Å²) in [6.07, 6.45) is 6.96. The zero-order chi connectivity index (χ0) is 12.7. The van der Waals surface area contributed by atoms with E-state index in [1.165, 1.54) is 43.9 Å². The van der Waals surface area contributed by atoms with Crippen molar-refractivity contribution in [2.24, 2.45) is 0 Å². The van der Waals surface area contributed by atoms with Gasteiger partial charge in [-0.15, -0.1) is 0 Å². The SMILES string of the molecule is CCCCCCCC(C)c1cc(F)ccc1F. The number of hydrogen-bond donors (Lipinski definition) is 0. The van der Waals surface area contributed by atoms with Crippen LogP contribution in [-0.4, -0.2) is 0 Å². The van der Waals surface area contributed by atoms with E-state index in [1.54, 1.807) is 0 Å². The Balaban J connectivity index is 2.41. The molecule has 0 aliphatic carbocycles. The number of rotatable bonds is 7. The fourth-order valence-electron chi connectivity index (χ4n) is 2.10. The van der Waals surface area contributed by atoms with Crippen molar-refractivity contribution in [2.45, 2.75) is 58.3 Å². The molecule has 0 saturated carbocycles. The molecule has 0 aliphatic rings. The lowest BCUT2D eigenvalue weighted by molar-refractivity contribution is 0.529. The normalized spacial score (nSPS) is 12.7. The lowest BCUT2D eigenvalue weighted by Gasteiger charge is -2.12. The maximum atomic E-state index is 13.5. The van der Waals surface area contributed by atoms with Crippen molar-refractivity contribution in [3.63, 3.8) is 0 Å². The predicted molar refractivity (Wildman–Crippen MR) is 68.1 cm³/mol. The van der Waals surface area contributed by atoms with Crippen molar-refractivity contribution in [3.8, 4) is 0 Å². The summed E-state index contributed by atoms with van der Waals surface area (Å²) in [7, 11) is 0. The summed E-state index contributed by atoms with van der Waals surface area (Å²) in [5.41, 5.74) is 0.514. The standard InChI is InChI=1S/C15H22F2/c1-3-4-5-6-7-8-12(2)14-11-13(16)9-10-15(14)17/h9-12H,3-8H2,1-2H3. The second-order valence-corrected chi connectivity index (χ2v) is 4.77. The van der Waals surface area contributed by atoms with E-state index < -0.39 is 0 Å². The first-order valence-corrected chi connectivity index (χ1v) is 6.60. The molecule has 0 saturated heterocycles. The van der Waals surface area contributed by atoms with Crippen LogP contribution in [0.1, 0.15) is 63.9 Å². The molecule has 96 valence electrons. The van der Waals surface area contributed by atoms with Gasteiger partial charge in [0.05, 0.1) is 0 Å². The zero-order valence-corrected chi connectivity index (χ0v) is 10.8. The highest BCUT2D eigenvalue weighted by atomic mass is 19.1. The van der Waals surface area contributed by atoms with Gasteiger partial charge in [-0.1, -0.05) is 46.0 Å². The molecule has 0 aliphatic heterocycles. The third-order valence-electron chi connectivity index (χ3n) is 3.23. The van der Waals surface area contributed by atoms with Crippen molar-refractivity contribution in [1.82, 2.24) is 0 Å². The molecule has 0 N–H and O–H groups in total. The summed E-state index contributed by atoms with van der Waals surface area (Å²) in [5, 5.41) is 0. The van der Waals surface area contributed by atoms with Gasteiger partial charge in [-0.2, -0.15) is 0 Å². The Morgan fingerprint density at radius 1 is 1.06 bits per heavy atom. The minimum Gasteiger partial charge on any atom is -0.207 e. The van der Waals surface area contributed by atoms with Gasteiger partial charge >= 0.3 is 0 Å². The van der Waals surface area contributed by atoms with Crippen LogP contribution in [0.2, 0.25) is 0 Å². The second-order valence-electron chi connectivity index (χ2n) is 4.77. The lowest BCUT2D eigenvalue weighted by atomic mass is 9.94. The van der Waals surface area contributed by atoms with Crippen molar-refractivity contribution in [1.29, 1.82) is 0 Å². The Bertz CT molecular complexity index is 334. The van der Waals surface area contributed by atoms with E-state index >= 15 is 0 Å². The quantitative estimate of drug-likeness (QED) is 0.557. The van der Waals surface area contributed by atoms with Crippen LogP contribution in [0.5, 0.6) is 0 Å². The van der Waals surface area contributed by atoms with E-state index in [0.717, 1.165) is 12.8 Å². The predicted octanol–water partition coefficient (Wildman–Crippen LogP) is 5.43. The topological polar surface area (TPSA) is 0 Å². The molecule has 1 aromatic rings. The highest BCUT2D eigenvalue weighted by molar-refractivity contribution is 5.22. The maximum absolute atomic E-state index is 13.5. The van der Waals surface area contributed by atoms with E-state index in [1.807, 2.05) is 6.92 Å². The Morgan fingerprint density at radius 3 is 2.47 bits per heavy atom. The average Bonchev–Trinajstić information content (AvgIpc) is 2.32. The fourth-order valence-corrected chi connectivity index (χ4v) is 2.10. The molecule has 1 atom stereocenters. The molecule has 0 bridgehead atoms. The van der Waals surface area contributed by atoms with Gasteiger partial charge in [0.1, 0.15) is 11.6 Å². The van der Waals surface area contributed by atoms with Crippen molar-refractivity contribution in [3.05, 3.63) is 35.4 Å². The van der Waals surface area contributed by atoms with Crippen molar-refractivity contribution >= 4 is 0 Å². The Morgan fingerprint density at radius 2 is 1.76 bits per heavy atom. The Kier molecular flexibility index (Phi) is 6.17. The molecule has 0 radical (unpaired) electrons. The molecule has 0 fully saturated rings. The molecule has 0 nitrogen and oxygen atoms in total. The second kappa shape index (κ2) is 7.41. The van der Waals surface area contributed by atoms with Gasteiger partial charge in [0.15, 0.2) is 0 Å². The highest BCUT2D eigenvalue weighted by Gasteiger charge is 2.11. The molecule has 0 heterocycles. The van der Waals surface area contributed by atoms with E-state index in [0.29, 0.717) is 5.56 Å². The molecular weight excluding hydrogens is 218 g/mol. The molecule has 1 aromatic carbocycles. The molecule has 17 heavy (non-hydrogen) atoms. The number of halogens is 2. The monoisotopic (exact) mass is 240 g/mol. The first-order valence-electron chi connectivity index (χ1n) is 6.60. The van der Waals surface area contributed by atoms with E-state index in [2.05, 4.69) is 6.92 Å². The van der Waals surface area contributed by atoms with Crippen LogP contribution in [0.3, 0.4) is 0 Å². The lowest BCUT2D eigenvalue weighted by Crippen LogP contribution is -1.98. The molecule has 1 rings (SSSR count). The minimum absolute atomic E-state index is 0.104. The number of benzene rings is 1. The van der Waals surface area contributed by atoms with Gasteiger partial charge in [0.25, 0.3) is 0 Å². The maximum Gasteiger partial charge on any atom is 0.126 e. The van der Waals surface area contributed by atoms with E-state index in [-0.39, 0.29) is 17.6 Å². The van der Waals surface area contributed by atoms with Crippen LogP contribution in [-0.2, 0) is 0 Å². The smallest absolute Gasteiger partial charge is 0.126 e. The summed E-state index contributed by atoms with van der Waals surface area (Å²) < 4.78 is 26.5. The van der Waals surface area contributed by atoms with E-state index in [4.69, 9.17) is 0 Å². The van der Waals surface area contributed by atoms with Gasteiger partial charge in [-0.25, -0.2) is 8.78 Å². The molecular formula is C15H22F2. The summed E-state index contributed by atoms with van der Waals surface area (Å²) in [5.74, 6) is -0.529. The van der Waals surface area contributed by atoms with Crippen LogP contribution in [0.4, 0.5) is 8.78 Å². The van der Waals surface area contributed by atoms with Crippen LogP contribution in [0, 0.1) is 11.6 Å². The summed E-state index contributed by atoms with van der Waals surface area (Å²) in [4.78, 5) is 0. The minimum atomic E-state index is -0.348. The Labute approximate surface area is 103 Å². The van der Waals surface area contributed by atoms with Gasteiger partial charge in [-0.05, 0) is 36.1 Å². The highest BCUT2D eigenvalue weighted by Crippen LogP contribution is 2.25. The van der Waals surface area contributed by atoms with Crippen molar-refractivity contribution in [2.75, 3.05) is 0 Å². The first kappa shape index (κ1) is 14.1. The third kappa shape index (κ3) is 4.84. The van der Waals surface area contributed by atoms with E-state index in [9.17, 15) is 8.78 Å². The zero-order valence-electron chi connectivity index (χ0n) is 10.8. The molecule has 1 unspecified atom stereocenters. The van der Waals surface area contributed by atoms with Gasteiger partial charge in [-0.3, -0.25) is 0 Å². The van der Waals surface area contributed by atoms with Gasteiger partial charge < -0.3 is 0 Å². The fraction of sp³-hybridized carbons (Fsp3) is 0.600. The number of hydrogen-bond acceptors (Lipinski definition) is 0. The van der Waals surface area contributed by atoms with Crippen LogP contribution < -0.4 is 0 Å². The summed E-state index contributed by atoms with van der Waals surface area (Å²) >= 11 is 0. The van der Waals surface area contributed by atoms with Crippen LogP contribution >= 0.6 is 0 Å².